The molecule has 1 aliphatic heterocycles. The summed E-state index contributed by atoms with van der Waals surface area (Å²) in [6.45, 7) is 4.53. The minimum atomic E-state index is 0.824. The Labute approximate surface area is 160 Å². The SMILES string of the molecule is COc1cccc(CN2CCN(Cc3cccnc3)c3ncccc3C2)c1. The molecule has 0 amide bonds. The second-order valence-corrected chi connectivity index (χ2v) is 6.83. The van der Waals surface area contributed by atoms with Gasteiger partial charge in [0, 0.05) is 56.9 Å². The van der Waals surface area contributed by atoms with Crippen LogP contribution in [-0.4, -0.2) is 35.1 Å². The number of hydrogen-bond donors (Lipinski definition) is 0. The fourth-order valence-electron chi connectivity index (χ4n) is 3.56. The van der Waals surface area contributed by atoms with Gasteiger partial charge in [-0.05, 0) is 35.4 Å². The highest BCUT2D eigenvalue weighted by atomic mass is 16.5. The molecular formula is C22H24N4O. The van der Waals surface area contributed by atoms with E-state index in [2.05, 4.69) is 50.1 Å². The first-order valence-corrected chi connectivity index (χ1v) is 9.25. The molecule has 0 saturated heterocycles. The number of hydrogen-bond acceptors (Lipinski definition) is 5. The largest absolute Gasteiger partial charge is 0.497 e. The van der Waals surface area contributed by atoms with E-state index in [9.17, 15) is 0 Å². The van der Waals surface area contributed by atoms with Gasteiger partial charge in [-0.1, -0.05) is 24.3 Å². The van der Waals surface area contributed by atoms with Crippen LogP contribution in [0.25, 0.3) is 0 Å². The Hall–Kier alpha value is -2.92. The van der Waals surface area contributed by atoms with E-state index in [1.165, 1.54) is 16.7 Å². The molecule has 5 nitrogen and oxygen atoms in total. The zero-order valence-electron chi connectivity index (χ0n) is 15.6. The Morgan fingerprint density at radius 1 is 0.963 bits per heavy atom. The molecule has 0 N–H and O–H groups in total. The highest BCUT2D eigenvalue weighted by molar-refractivity contribution is 5.48. The zero-order chi connectivity index (χ0) is 18.5. The summed E-state index contributed by atoms with van der Waals surface area (Å²) in [5, 5.41) is 0. The van der Waals surface area contributed by atoms with Gasteiger partial charge in [0.15, 0.2) is 0 Å². The third kappa shape index (κ3) is 4.26. The van der Waals surface area contributed by atoms with Crippen LogP contribution in [-0.2, 0) is 19.6 Å². The van der Waals surface area contributed by atoms with Gasteiger partial charge in [0.1, 0.15) is 11.6 Å². The van der Waals surface area contributed by atoms with E-state index in [1.807, 2.05) is 36.8 Å². The van der Waals surface area contributed by atoms with E-state index in [0.717, 1.165) is 44.3 Å². The van der Waals surface area contributed by atoms with Crippen LogP contribution < -0.4 is 9.64 Å². The van der Waals surface area contributed by atoms with Crippen molar-refractivity contribution < 1.29 is 4.74 Å². The smallest absolute Gasteiger partial charge is 0.133 e. The van der Waals surface area contributed by atoms with Crippen molar-refractivity contribution in [3.05, 3.63) is 83.8 Å². The van der Waals surface area contributed by atoms with Crippen molar-refractivity contribution in [2.75, 3.05) is 25.1 Å². The van der Waals surface area contributed by atoms with Crippen molar-refractivity contribution in [2.45, 2.75) is 19.6 Å². The van der Waals surface area contributed by atoms with Crippen LogP contribution in [0.3, 0.4) is 0 Å². The maximum absolute atomic E-state index is 5.37. The van der Waals surface area contributed by atoms with Gasteiger partial charge in [-0.15, -0.1) is 0 Å². The number of ether oxygens (including phenoxy) is 1. The summed E-state index contributed by atoms with van der Waals surface area (Å²) >= 11 is 0. The minimum Gasteiger partial charge on any atom is -0.497 e. The molecule has 5 heteroatoms. The Morgan fingerprint density at radius 2 is 1.85 bits per heavy atom. The van der Waals surface area contributed by atoms with E-state index in [-0.39, 0.29) is 0 Å². The summed E-state index contributed by atoms with van der Waals surface area (Å²) in [4.78, 5) is 13.8. The number of pyridine rings is 2. The Morgan fingerprint density at radius 3 is 2.70 bits per heavy atom. The second-order valence-electron chi connectivity index (χ2n) is 6.83. The molecule has 0 radical (unpaired) electrons. The lowest BCUT2D eigenvalue weighted by Gasteiger charge is -2.24. The van der Waals surface area contributed by atoms with E-state index in [0.29, 0.717) is 0 Å². The number of benzene rings is 1. The molecule has 3 heterocycles. The number of methoxy groups -OCH3 is 1. The molecule has 1 aliphatic rings. The van der Waals surface area contributed by atoms with Gasteiger partial charge in [-0.2, -0.15) is 0 Å². The molecule has 1 aromatic carbocycles. The molecule has 4 rings (SSSR count). The van der Waals surface area contributed by atoms with Crippen molar-refractivity contribution in [3.63, 3.8) is 0 Å². The van der Waals surface area contributed by atoms with Crippen LogP contribution in [0, 0.1) is 0 Å². The molecular weight excluding hydrogens is 336 g/mol. The van der Waals surface area contributed by atoms with Crippen LogP contribution in [0.5, 0.6) is 5.75 Å². The normalized spacial score (nSPS) is 14.5. The van der Waals surface area contributed by atoms with Crippen LogP contribution in [0.2, 0.25) is 0 Å². The summed E-state index contributed by atoms with van der Waals surface area (Å²) in [6, 6.07) is 16.6. The maximum atomic E-state index is 5.37. The van der Waals surface area contributed by atoms with Crippen molar-refractivity contribution in [3.8, 4) is 5.75 Å². The van der Waals surface area contributed by atoms with Gasteiger partial charge in [0.2, 0.25) is 0 Å². The molecule has 0 atom stereocenters. The first-order valence-electron chi connectivity index (χ1n) is 9.25. The number of nitrogens with zero attached hydrogens (tertiary/aromatic N) is 4. The zero-order valence-corrected chi connectivity index (χ0v) is 15.6. The van der Waals surface area contributed by atoms with Crippen LogP contribution in [0.15, 0.2) is 67.1 Å². The summed E-state index contributed by atoms with van der Waals surface area (Å²) in [7, 11) is 1.71. The Kier molecular flexibility index (Phi) is 5.30. The summed E-state index contributed by atoms with van der Waals surface area (Å²) in [6.07, 6.45) is 5.63. The van der Waals surface area contributed by atoms with Gasteiger partial charge in [0.25, 0.3) is 0 Å². The van der Waals surface area contributed by atoms with Crippen molar-refractivity contribution in [1.29, 1.82) is 0 Å². The molecule has 2 aromatic heterocycles. The predicted molar refractivity (Wildman–Crippen MR) is 107 cm³/mol. The van der Waals surface area contributed by atoms with Gasteiger partial charge in [0.05, 0.1) is 7.11 Å². The van der Waals surface area contributed by atoms with Crippen LogP contribution in [0.4, 0.5) is 5.82 Å². The first kappa shape index (κ1) is 17.5. The molecule has 0 unspecified atom stereocenters. The molecule has 0 spiro atoms. The third-order valence-electron chi connectivity index (χ3n) is 4.88. The second kappa shape index (κ2) is 8.18. The van der Waals surface area contributed by atoms with Gasteiger partial charge in [-0.3, -0.25) is 9.88 Å². The number of aromatic nitrogens is 2. The van der Waals surface area contributed by atoms with Crippen molar-refractivity contribution in [2.24, 2.45) is 0 Å². The average Bonchev–Trinajstić information content (AvgIpc) is 2.88. The maximum Gasteiger partial charge on any atom is 0.133 e. The molecule has 138 valence electrons. The first-order chi connectivity index (χ1) is 13.3. The monoisotopic (exact) mass is 360 g/mol. The lowest BCUT2D eigenvalue weighted by atomic mass is 10.2. The molecule has 3 aromatic rings. The Balaban J connectivity index is 1.54. The van der Waals surface area contributed by atoms with Gasteiger partial charge < -0.3 is 9.64 Å². The topological polar surface area (TPSA) is 41.5 Å². The van der Waals surface area contributed by atoms with Gasteiger partial charge >= 0.3 is 0 Å². The van der Waals surface area contributed by atoms with E-state index < -0.39 is 0 Å². The molecule has 0 bridgehead atoms. The minimum absolute atomic E-state index is 0.824. The van der Waals surface area contributed by atoms with Crippen LogP contribution >= 0.6 is 0 Å². The third-order valence-corrected chi connectivity index (χ3v) is 4.88. The Bertz CT molecular complexity index is 884. The fourth-order valence-corrected chi connectivity index (χ4v) is 3.56. The molecule has 0 saturated carbocycles. The average molecular weight is 360 g/mol. The van der Waals surface area contributed by atoms with Crippen molar-refractivity contribution >= 4 is 5.82 Å². The van der Waals surface area contributed by atoms with Crippen LogP contribution in [0.1, 0.15) is 16.7 Å². The fraction of sp³-hybridized carbons (Fsp3) is 0.273. The molecule has 0 aliphatic carbocycles. The quantitative estimate of drug-likeness (QED) is 0.696. The van der Waals surface area contributed by atoms with Crippen molar-refractivity contribution in [1.82, 2.24) is 14.9 Å². The molecule has 27 heavy (non-hydrogen) atoms. The number of fused-ring (bicyclic) bond motifs is 1. The van der Waals surface area contributed by atoms with E-state index >= 15 is 0 Å². The predicted octanol–water partition coefficient (Wildman–Crippen LogP) is 3.51. The highest BCUT2D eigenvalue weighted by Gasteiger charge is 2.21. The number of rotatable bonds is 5. The van der Waals surface area contributed by atoms with Gasteiger partial charge in [-0.25, -0.2) is 4.98 Å². The lowest BCUT2D eigenvalue weighted by Crippen LogP contribution is -2.31. The summed E-state index contributed by atoms with van der Waals surface area (Å²) < 4.78 is 5.37. The lowest BCUT2D eigenvalue weighted by molar-refractivity contribution is 0.268. The summed E-state index contributed by atoms with van der Waals surface area (Å²) in [5.74, 6) is 1.98. The summed E-state index contributed by atoms with van der Waals surface area (Å²) in [5.41, 5.74) is 3.73. The van der Waals surface area contributed by atoms with E-state index in [1.54, 1.807) is 7.11 Å². The van der Waals surface area contributed by atoms with E-state index in [4.69, 9.17) is 4.74 Å². The standard InChI is InChI=1S/C22H24N4O/c1-27-21-8-2-5-18(13-21)15-25-11-12-26(16-19-6-3-9-23-14-19)22-20(17-25)7-4-10-24-22/h2-10,13-14H,11-12,15-17H2,1H3. The number of anilines is 1. The molecule has 0 fully saturated rings. The highest BCUT2D eigenvalue weighted by Crippen LogP contribution is 2.25.